The summed E-state index contributed by atoms with van der Waals surface area (Å²) in [5, 5.41) is 32.2. The quantitative estimate of drug-likeness (QED) is 0.361. The highest BCUT2D eigenvalue weighted by atomic mass is 16.4. The van der Waals surface area contributed by atoms with Gasteiger partial charge in [-0.15, -0.1) is 5.10 Å². The molecule has 2 saturated heterocycles. The molecule has 0 spiro atoms. The molecule has 6 bridgehead atoms. The van der Waals surface area contributed by atoms with Gasteiger partial charge in [0.15, 0.2) is 0 Å². The van der Waals surface area contributed by atoms with Crippen LogP contribution in [0.15, 0.2) is 36.4 Å². The number of aromatic nitrogens is 5. The number of nitrogens with zero attached hydrogens (tertiary/aromatic N) is 9. The van der Waals surface area contributed by atoms with Crippen LogP contribution >= 0.6 is 0 Å². The number of nitrogens with one attached hydrogen (secondary N) is 1. The average molecular weight is 633 g/mol. The summed E-state index contributed by atoms with van der Waals surface area (Å²) in [5.41, 5.74) is 5.37. The smallest absolute Gasteiger partial charge is 0.317 e. The van der Waals surface area contributed by atoms with Crippen LogP contribution in [0.5, 0.6) is 0 Å². The zero-order valence-corrected chi connectivity index (χ0v) is 26.3. The van der Waals surface area contributed by atoms with E-state index in [9.17, 15) is 19.8 Å². The van der Waals surface area contributed by atoms with E-state index in [0.717, 1.165) is 60.1 Å². The molecule has 7 heterocycles. The second-order valence-corrected chi connectivity index (χ2v) is 12.5. The van der Waals surface area contributed by atoms with Gasteiger partial charge in [-0.05, 0) is 50.2 Å². The van der Waals surface area contributed by atoms with Gasteiger partial charge in [-0.2, -0.15) is 0 Å². The van der Waals surface area contributed by atoms with Crippen LogP contribution < -0.4 is 5.32 Å². The Balaban J connectivity index is 1.42. The van der Waals surface area contributed by atoms with Crippen LogP contribution in [0.3, 0.4) is 0 Å². The van der Waals surface area contributed by atoms with Crippen LogP contribution in [0.25, 0.3) is 11.4 Å². The van der Waals surface area contributed by atoms with E-state index in [-0.39, 0.29) is 19.0 Å². The van der Waals surface area contributed by atoms with Crippen LogP contribution in [0, 0.1) is 0 Å². The molecule has 7 rings (SSSR count). The van der Waals surface area contributed by atoms with E-state index in [1.807, 2.05) is 50.9 Å². The first-order valence-electron chi connectivity index (χ1n) is 16.3. The molecule has 0 aliphatic carbocycles. The van der Waals surface area contributed by atoms with Crippen molar-refractivity contribution in [2.75, 3.05) is 78.5 Å². The second-order valence-electron chi connectivity index (χ2n) is 12.5. The molecule has 0 radical (unpaired) electrons. The van der Waals surface area contributed by atoms with Crippen molar-refractivity contribution >= 4 is 11.9 Å². The highest BCUT2D eigenvalue weighted by Crippen LogP contribution is 2.32. The van der Waals surface area contributed by atoms with E-state index < -0.39 is 11.9 Å². The Morgan fingerprint density at radius 2 is 1.24 bits per heavy atom. The summed E-state index contributed by atoms with van der Waals surface area (Å²) >= 11 is 0. The van der Waals surface area contributed by atoms with E-state index in [2.05, 4.69) is 20.3 Å². The lowest BCUT2D eigenvalue weighted by atomic mass is 9.92. The van der Waals surface area contributed by atoms with Gasteiger partial charge in [-0.3, -0.25) is 34.2 Å². The topological polar surface area (TPSA) is 156 Å². The molecule has 0 saturated carbocycles. The molecule has 4 aliphatic rings. The van der Waals surface area contributed by atoms with Gasteiger partial charge in [-0.25, -0.2) is 9.67 Å². The number of rotatable bonds is 5. The highest BCUT2D eigenvalue weighted by molar-refractivity contribution is 5.69. The van der Waals surface area contributed by atoms with Gasteiger partial charge in [0.25, 0.3) is 0 Å². The lowest BCUT2D eigenvalue weighted by Crippen LogP contribution is -2.47. The minimum atomic E-state index is -0.849. The Morgan fingerprint density at radius 1 is 0.717 bits per heavy atom. The lowest BCUT2D eigenvalue weighted by molar-refractivity contribution is -0.139. The number of hydrogen-bond acceptors (Lipinski definition) is 11. The van der Waals surface area contributed by atoms with Gasteiger partial charge in [0.2, 0.25) is 0 Å². The number of carboxylic acid groups (broad SMARTS) is 2. The Labute approximate surface area is 269 Å². The number of fused-ring (bicyclic) bond motifs is 8. The number of hydrogen-bond donors (Lipinski definition) is 3. The number of carbonyl (C=O) groups is 2. The normalized spacial score (nSPS) is 22.5. The van der Waals surface area contributed by atoms with Crippen LogP contribution in [0.2, 0.25) is 0 Å². The monoisotopic (exact) mass is 632 g/mol. The van der Waals surface area contributed by atoms with E-state index in [0.29, 0.717) is 72.0 Å². The molecule has 3 aromatic rings. The number of pyridine rings is 2. The Kier molecular flexibility index (Phi) is 10.6. The third kappa shape index (κ3) is 8.50. The molecule has 0 amide bonds. The van der Waals surface area contributed by atoms with E-state index in [1.54, 1.807) is 0 Å². The van der Waals surface area contributed by atoms with Crippen molar-refractivity contribution in [1.29, 1.82) is 0 Å². The number of aliphatic carboxylic acids is 2. The van der Waals surface area contributed by atoms with Crippen molar-refractivity contribution in [3.63, 3.8) is 0 Å². The fraction of sp³-hybridized carbons (Fsp3) is 0.562. The molecule has 14 heteroatoms. The zero-order valence-electron chi connectivity index (χ0n) is 26.3. The molecule has 0 atom stereocenters. The molecule has 2 fully saturated rings. The van der Waals surface area contributed by atoms with E-state index in [1.165, 1.54) is 0 Å². The Bertz CT molecular complexity index is 1460. The molecule has 0 aromatic carbocycles. The Hall–Kier alpha value is -3.82. The first-order valence-corrected chi connectivity index (χ1v) is 16.3. The summed E-state index contributed by atoms with van der Waals surface area (Å²) in [7, 11) is 0. The minimum absolute atomic E-state index is 0.0370. The molecular formula is C32H44N10O4. The van der Waals surface area contributed by atoms with E-state index >= 15 is 0 Å². The maximum absolute atomic E-state index is 11.8. The molecule has 3 N–H and O–H groups in total. The van der Waals surface area contributed by atoms with Gasteiger partial charge < -0.3 is 15.5 Å². The summed E-state index contributed by atoms with van der Waals surface area (Å²) in [5.74, 6) is -1.41. The Morgan fingerprint density at radius 3 is 1.80 bits per heavy atom. The molecule has 4 aliphatic heterocycles. The maximum atomic E-state index is 11.8. The third-order valence-corrected chi connectivity index (χ3v) is 9.13. The van der Waals surface area contributed by atoms with Crippen LogP contribution in [-0.4, -0.2) is 145 Å². The fourth-order valence-electron chi connectivity index (χ4n) is 6.68. The fourth-order valence-corrected chi connectivity index (χ4v) is 6.68. The van der Waals surface area contributed by atoms with Gasteiger partial charge in [0, 0.05) is 71.4 Å². The SMILES string of the molecule is O=C(O)CN1CCN2CCN(CC(=O)O)CCN(CC1)Cc1cccc(n1)-c1c(C3CCNCC3)nnn1Cc1cccc(n1)C2. The van der Waals surface area contributed by atoms with Crippen LogP contribution in [0.4, 0.5) is 0 Å². The average Bonchev–Trinajstić information content (AvgIpc) is 3.45. The predicted octanol–water partition coefficient (Wildman–Crippen LogP) is 0.655. The van der Waals surface area contributed by atoms with Gasteiger partial charge in [0.1, 0.15) is 5.69 Å². The molecule has 0 unspecified atom stereocenters. The predicted molar refractivity (Wildman–Crippen MR) is 170 cm³/mol. The molecule has 246 valence electrons. The van der Waals surface area contributed by atoms with Crippen molar-refractivity contribution in [1.82, 2.24) is 49.9 Å². The van der Waals surface area contributed by atoms with Gasteiger partial charge in [-0.1, -0.05) is 17.3 Å². The van der Waals surface area contributed by atoms with Crippen molar-refractivity contribution in [2.45, 2.75) is 38.4 Å². The molecule has 46 heavy (non-hydrogen) atoms. The lowest BCUT2D eigenvalue weighted by Gasteiger charge is -2.33. The standard InChI is InChI=1S/C32H44N10O4/c43-29(44)22-40-15-11-38-12-16-41(23-30(45)46)18-14-39(13-17-40)20-26-5-2-6-28(35-26)32-31(24-7-9-33-10-8-24)36-37-42(32)21-27-4-1-3-25(19-38)34-27/h1-6,24,33H,7-23H2,(H,43,44)(H,45,46). The summed E-state index contributed by atoms with van der Waals surface area (Å²) in [4.78, 5) is 42.3. The molecule has 3 aromatic heterocycles. The first kappa shape index (κ1) is 32.1. The molecular weight excluding hydrogens is 588 g/mol. The summed E-state index contributed by atoms with van der Waals surface area (Å²) in [6.45, 7) is 8.21. The number of piperidine rings is 1. The highest BCUT2D eigenvalue weighted by Gasteiger charge is 2.27. The third-order valence-electron chi connectivity index (χ3n) is 9.13. The van der Waals surface area contributed by atoms with Crippen LogP contribution in [-0.2, 0) is 29.2 Å². The van der Waals surface area contributed by atoms with Crippen molar-refractivity contribution in [3.05, 3.63) is 59.2 Å². The van der Waals surface area contributed by atoms with Gasteiger partial charge in [0.05, 0.1) is 48.1 Å². The number of carboxylic acids is 2. The van der Waals surface area contributed by atoms with Gasteiger partial charge >= 0.3 is 11.9 Å². The maximum Gasteiger partial charge on any atom is 0.317 e. The summed E-state index contributed by atoms with van der Waals surface area (Å²) in [6.07, 6.45) is 1.98. The largest absolute Gasteiger partial charge is 0.480 e. The van der Waals surface area contributed by atoms with Crippen molar-refractivity contribution < 1.29 is 19.8 Å². The van der Waals surface area contributed by atoms with Crippen LogP contribution in [0.1, 0.15) is 41.5 Å². The zero-order chi connectivity index (χ0) is 31.9. The first-order chi connectivity index (χ1) is 22.4. The minimum Gasteiger partial charge on any atom is -0.480 e. The van der Waals surface area contributed by atoms with E-state index in [4.69, 9.17) is 15.1 Å². The second kappa shape index (κ2) is 15.2. The molecule has 14 nitrogen and oxygen atoms in total. The van der Waals surface area contributed by atoms with Crippen molar-refractivity contribution in [3.8, 4) is 11.4 Å². The summed E-state index contributed by atoms with van der Waals surface area (Å²) < 4.78 is 1.95. The van der Waals surface area contributed by atoms with Crippen molar-refractivity contribution in [2.24, 2.45) is 0 Å². The summed E-state index contributed by atoms with van der Waals surface area (Å²) in [6, 6.07) is 12.1.